The predicted octanol–water partition coefficient (Wildman–Crippen LogP) is 3.05. The summed E-state index contributed by atoms with van der Waals surface area (Å²) in [6.07, 6.45) is 2.53. The van der Waals surface area contributed by atoms with Gasteiger partial charge in [-0.15, -0.1) is 11.3 Å². The third kappa shape index (κ3) is 5.61. The number of aromatic nitrogens is 1. The second kappa shape index (κ2) is 9.10. The Balaban J connectivity index is 1.46. The zero-order valence-electron chi connectivity index (χ0n) is 15.8. The van der Waals surface area contributed by atoms with Gasteiger partial charge < -0.3 is 10.6 Å². The standard InChI is InChI=1S/C20H26N4O2S/c1-14-6-5-9-24(11-14)12-16-13-27-20(22-16)23-18(25)10-21-19(26)17-8-4-3-7-15(17)2/h3-4,7-8,13-14H,5-6,9-12H2,1-2H3,(H,21,26)(H,22,23,25). The van der Waals surface area contributed by atoms with Crippen molar-refractivity contribution in [1.29, 1.82) is 0 Å². The van der Waals surface area contributed by atoms with Gasteiger partial charge >= 0.3 is 0 Å². The molecule has 1 aliphatic heterocycles. The summed E-state index contributed by atoms with van der Waals surface area (Å²) < 4.78 is 0. The van der Waals surface area contributed by atoms with Crippen molar-refractivity contribution in [2.75, 3.05) is 25.0 Å². The second-order valence-electron chi connectivity index (χ2n) is 7.17. The third-order valence-electron chi connectivity index (χ3n) is 4.72. The monoisotopic (exact) mass is 386 g/mol. The largest absolute Gasteiger partial charge is 0.343 e. The summed E-state index contributed by atoms with van der Waals surface area (Å²) in [7, 11) is 0. The highest BCUT2D eigenvalue weighted by atomic mass is 32.1. The van der Waals surface area contributed by atoms with E-state index in [0.29, 0.717) is 10.7 Å². The first-order valence-electron chi connectivity index (χ1n) is 9.31. The number of nitrogens with zero attached hydrogens (tertiary/aromatic N) is 2. The average Bonchev–Trinajstić information content (AvgIpc) is 3.07. The zero-order valence-corrected chi connectivity index (χ0v) is 16.6. The van der Waals surface area contributed by atoms with E-state index in [4.69, 9.17) is 0 Å². The van der Waals surface area contributed by atoms with E-state index in [1.807, 2.05) is 30.5 Å². The van der Waals surface area contributed by atoms with Crippen molar-refractivity contribution < 1.29 is 9.59 Å². The number of amides is 2. The first kappa shape index (κ1) is 19.5. The van der Waals surface area contributed by atoms with Crippen molar-refractivity contribution in [3.8, 4) is 0 Å². The fraction of sp³-hybridized carbons (Fsp3) is 0.450. The smallest absolute Gasteiger partial charge is 0.251 e. The van der Waals surface area contributed by atoms with E-state index < -0.39 is 0 Å². The molecule has 1 aromatic heterocycles. The molecule has 0 radical (unpaired) electrons. The summed E-state index contributed by atoms with van der Waals surface area (Å²) in [5.74, 6) is 0.208. The molecule has 1 aliphatic rings. The molecule has 0 saturated carbocycles. The fourth-order valence-electron chi connectivity index (χ4n) is 3.34. The number of aryl methyl sites for hydroxylation is 1. The Kier molecular flexibility index (Phi) is 6.58. The maximum absolute atomic E-state index is 12.2. The SMILES string of the molecule is Cc1ccccc1C(=O)NCC(=O)Nc1nc(CN2CCCC(C)C2)cs1. The molecule has 1 unspecified atom stereocenters. The molecule has 1 aromatic carbocycles. The van der Waals surface area contributed by atoms with Crippen LogP contribution in [0.5, 0.6) is 0 Å². The Bertz CT molecular complexity index is 805. The van der Waals surface area contributed by atoms with E-state index in [9.17, 15) is 9.59 Å². The van der Waals surface area contributed by atoms with Gasteiger partial charge in [0.05, 0.1) is 12.2 Å². The lowest BCUT2D eigenvalue weighted by Gasteiger charge is -2.30. The van der Waals surface area contributed by atoms with Gasteiger partial charge in [-0.25, -0.2) is 4.98 Å². The van der Waals surface area contributed by atoms with Gasteiger partial charge in [0.1, 0.15) is 0 Å². The zero-order chi connectivity index (χ0) is 19.2. The molecular formula is C20H26N4O2S. The van der Waals surface area contributed by atoms with Gasteiger partial charge in [0.2, 0.25) is 5.91 Å². The van der Waals surface area contributed by atoms with Crippen LogP contribution in [0.1, 0.15) is 41.4 Å². The summed E-state index contributed by atoms with van der Waals surface area (Å²) >= 11 is 1.42. The Hall–Kier alpha value is -2.25. The number of thiazole rings is 1. The summed E-state index contributed by atoms with van der Waals surface area (Å²) in [5, 5.41) is 7.98. The van der Waals surface area contributed by atoms with Crippen LogP contribution in [0.4, 0.5) is 5.13 Å². The molecule has 2 aromatic rings. The molecule has 1 saturated heterocycles. The molecule has 0 bridgehead atoms. The number of piperidine rings is 1. The minimum absolute atomic E-state index is 0.0777. The molecule has 27 heavy (non-hydrogen) atoms. The number of carbonyl (C=O) groups is 2. The first-order valence-corrected chi connectivity index (χ1v) is 10.2. The fourth-order valence-corrected chi connectivity index (χ4v) is 4.06. The molecule has 0 spiro atoms. The number of hydrogen-bond donors (Lipinski definition) is 2. The molecule has 1 atom stereocenters. The van der Waals surface area contributed by atoms with E-state index in [1.165, 1.54) is 24.2 Å². The number of rotatable bonds is 6. The molecule has 144 valence electrons. The minimum atomic E-state index is -0.274. The van der Waals surface area contributed by atoms with Gasteiger partial charge in [-0.3, -0.25) is 14.5 Å². The molecule has 0 aliphatic carbocycles. The van der Waals surface area contributed by atoms with E-state index >= 15 is 0 Å². The molecule has 2 heterocycles. The molecule has 3 rings (SSSR count). The Morgan fingerprint density at radius 3 is 2.93 bits per heavy atom. The first-order chi connectivity index (χ1) is 13.0. The van der Waals surface area contributed by atoms with Gasteiger partial charge in [-0.2, -0.15) is 0 Å². The van der Waals surface area contributed by atoms with Crippen LogP contribution in [-0.2, 0) is 11.3 Å². The number of anilines is 1. The van der Waals surface area contributed by atoms with Crippen LogP contribution in [0, 0.1) is 12.8 Å². The van der Waals surface area contributed by atoms with Crippen molar-refractivity contribution >= 4 is 28.3 Å². The molecule has 2 amide bonds. The normalized spacial score (nSPS) is 17.5. The highest BCUT2D eigenvalue weighted by Gasteiger charge is 2.17. The van der Waals surface area contributed by atoms with E-state index in [1.54, 1.807) is 6.07 Å². The number of hydrogen-bond acceptors (Lipinski definition) is 5. The van der Waals surface area contributed by atoms with Gasteiger partial charge in [0.15, 0.2) is 5.13 Å². The number of benzene rings is 1. The maximum Gasteiger partial charge on any atom is 0.251 e. The Labute approximate surface area is 164 Å². The van der Waals surface area contributed by atoms with Crippen LogP contribution < -0.4 is 10.6 Å². The van der Waals surface area contributed by atoms with Gasteiger partial charge in [-0.05, 0) is 43.9 Å². The van der Waals surface area contributed by atoms with Gasteiger partial charge in [-0.1, -0.05) is 25.1 Å². The van der Waals surface area contributed by atoms with E-state index in [0.717, 1.165) is 36.8 Å². The second-order valence-corrected chi connectivity index (χ2v) is 8.03. The predicted molar refractivity (Wildman–Crippen MR) is 108 cm³/mol. The van der Waals surface area contributed by atoms with Crippen molar-refractivity contribution in [2.24, 2.45) is 5.92 Å². The van der Waals surface area contributed by atoms with Gasteiger partial charge in [0.25, 0.3) is 5.91 Å². The van der Waals surface area contributed by atoms with Crippen LogP contribution in [0.15, 0.2) is 29.6 Å². The highest BCUT2D eigenvalue weighted by molar-refractivity contribution is 7.13. The molecule has 7 heteroatoms. The summed E-state index contributed by atoms with van der Waals surface area (Å²) in [4.78, 5) is 31.2. The van der Waals surface area contributed by atoms with Crippen LogP contribution in [0.25, 0.3) is 0 Å². The Morgan fingerprint density at radius 2 is 2.15 bits per heavy atom. The number of carbonyl (C=O) groups excluding carboxylic acids is 2. The van der Waals surface area contributed by atoms with Crippen molar-refractivity contribution in [3.63, 3.8) is 0 Å². The van der Waals surface area contributed by atoms with Crippen molar-refractivity contribution in [3.05, 3.63) is 46.5 Å². The average molecular weight is 387 g/mol. The summed E-state index contributed by atoms with van der Waals surface area (Å²) in [6.45, 7) is 7.10. The lowest BCUT2D eigenvalue weighted by molar-refractivity contribution is -0.115. The molecule has 6 nitrogen and oxygen atoms in total. The molecular weight excluding hydrogens is 360 g/mol. The van der Waals surface area contributed by atoms with Crippen LogP contribution >= 0.6 is 11.3 Å². The quantitative estimate of drug-likeness (QED) is 0.800. The molecule has 2 N–H and O–H groups in total. The van der Waals surface area contributed by atoms with Crippen molar-refractivity contribution in [2.45, 2.75) is 33.2 Å². The topological polar surface area (TPSA) is 74.3 Å². The van der Waals surface area contributed by atoms with Crippen LogP contribution in [0.3, 0.4) is 0 Å². The van der Waals surface area contributed by atoms with Crippen LogP contribution in [0.2, 0.25) is 0 Å². The maximum atomic E-state index is 12.2. The highest BCUT2D eigenvalue weighted by Crippen LogP contribution is 2.20. The summed E-state index contributed by atoms with van der Waals surface area (Å²) in [5.41, 5.74) is 2.44. The third-order valence-corrected chi connectivity index (χ3v) is 5.53. The lowest BCUT2D eigenvalue weighted by atomic mass is 10.0. The number of nitrogens with one attached hydrogen (secondary N) is 2. The summed E-state index contributed by atoms with van der Waals surface area (Å²) in [6, 6.07) is 7.30. The van der Waals surface area contributed by atoms with E-state index in [2.05, 4.69) is 27.4 Å². The van der Waals surface area contributed by atoms with Gasteiger partial charge in [0, 0.05) is 24.0 Å². The van der Waals surface area contributed by atoms with E-state index in [-0.39, 0.29) is 18.4 Å². The molecule has 1 fully saturated rings. The Morgan fingerprint density at radius 1 is 1.33 bits per heavy atom. The van der Waals surface area contributed by atoms with Crippen molar-refractivity contribution in [1.82, 2.24) is 15.2 Å². The number of likely N-dealkylation sites (tertiary alicyclic amines) is 1. The van der Waals surface area contributed by atoms with Crippen LogP contribution in [-0.4, -0.2) is 41.3 Å². The minimum Gasteiger partial charge on any atom is -0.343 e. The lowest BCUT2D eigenvalue weighted by Crippen LogP contribution is -2.34.